The summed E-state index contributed by atoms with van der Waals surface area (Å²) in [4.78, 5) is 26.5. The summed E-state index contributed by atoms with van der Waals surface area (Å²) in [6, 6.07) is -1.13. The maximum absolute atomic E-state index is 12.1. The zero-order chi connectivity index (χ0) is 17.0. The number of nitrogens with one attached hydrogen (secondary N) is 1. The molecule has 0 saturated carbocycles. The summed E-state index contributed by atoms with van der Waals surface area (Å²) in [5.41, 5.74) is 21.7. The maximum atomic E-state index is 12.1. The number of carboxylic acids is 1. The van der Waals surface area contributed by atoms with E-state index in [1.165, 1.54) is 0 Å². The van der Waals surface area contributed by atoms with Crippen LogP contribution in [0.5, 0.6) is 0 Å². The van der Waals surface area contributed by atoms with Gasteiger partial charge in [-0.2, -0.15) is 0 Å². The Bertz CT molecular complexity index is 371. The predicted molar refractivity (Wildman–Crippen MR) is 85.2 cm³/mol. The van der Waals surface area contributed by atoms with Gasteiger partial charge in [0.05, 0.1) is 6.04 Å². The summed E-state index contributed by atoms with van der Waals surface area (Å²) in [5, 5.41) is 11.8. The van der Waals surface area contributed by atoms with Crippen LogP contribution < -0.4 is 28.3 Å². The number of carbonyl (C=O) groups is 2. The van der Waals surface area contributed by atoms with Gasteiger partial charge < -0.3 is 33.4 Å². The number of nitrogens with two attached hydrogens (primary N) is 4. The van der Waals surface area contributed by atoms with Gasteiger partial charge in [0.15, 0.2) is 11.7 Å². The summed E-state index contributed by atoms with van der Waals surface area (Å²) >= 11 is 0. The molecule has 10 N–H and O–H groups in total. The third-order valence-electron chi connectivity index (χ3n) is 3.15. The molecule has 0 aromatic carbocycles. The minimum Gasteiger partial charge on any atom is -0.481 e. The van der Waals surface area contributed by atoms with E-state index in [9.17, 15) is 9.59 Å². The average Bonchev–Trinajstić information content (AvgIpc) is 2.45. The molecule has 9 nitrogen and oxygen atoms in total. The number of unbranched alkanes of at least 4 members (excludes halogenated alkanes) is 1. The molecule has 22 heavy (non-hydrogen) atoms. The Balaban J connectivity index is 4.25. The van der Waals surface area contributed by atoms with E-state index in [-0.39, 0.29) is 30.6 Å². The third kappa shape index (κ3) is 10.1. The lowest BCUT2D eigenvalue weighted by molar-refractivity contribution is -0.137. The zero-order valence-corrected chi connectivity index (χ0v) is 12.8. The third-order valence-corrected chi connectivity index (χ3v) is 3.15. The van der Waals surface area contributed by atoms with Crippen LogP contribution in [0.1, 0.15) is 32.1 Å². The fraction of sp³-hybridized carbons (Fsp3) is 0.769. The SMILES string of the molecule is NCCN[C@@H](CCC(=O)O)C(N)C(=O)CCCCN=C(N)N. The van der Waals surface area contributed by atoms with Crippen LogP contribution in [0, 0.1) is 0 Å². The van der Waals surface area contributed by atoms with Crippen LogP contribution in [0.4, 0.5) is 0 Å². The number of guanidine groups is 1. The summed E-state index contributed by atoms with van der Waals surface area (Å²) in [7, 11) is 0. The summed E-state index contributed by atoms with van der Waals surface area (Å²) in [6.45, 7) is 1.34. The molecule has 0 rings (SSSR count). The van der Waals surface area contributed by atoms with Crippen molar-refractivity contribution in [1.29, 1.82) is 0 Å². The molecule has 0 amide bonds. The first kappa shape index (κ1) is 20.3. The quantitative estimate of drug-likeness (QED) is 0.129. The van der Waals surface area contributed by atoms with Crippen molar-refractivity contribution < 1.29 is 14.7 Å². The van der Waals surface area contributed by atoms with E-state index in [4.69, 9.17) is 28.0 Å². The van der Waals surface area contributed by atoms with Gasteiger partial charge in [0, 0.05) is 38.5 Å². The predicted octanol–water partition coefficient (Wildman–Crippen LogP) is -1.89. The van der Waals surface area contributed by atoms with Crippen molar-refractivity contribution in [3.8, 4) is 0 Å². The normalized spacial score (nSPS) is 13.4. The Kier molecular flexibility index (Phi) is 11.0. The number of hydrogen-bond donors (Lipinski definition) is 6. The molecule has 0 bridgehead atoms. The molecule has 0 aliphatic heterocycles. The molecular weight excluding hydrogens is 288 g/mol. The first-order chi connectivity index (χ1) is 10.4. The highest BCUT2D eigenvalue weighted by Gasteiger charge is 2.24. The number of Topliss-reactive ketones (excluding diaryl/α,β-unsaturated/α-hetero) is 1. The summed E-state index contributed by atoms with van der Waals surface area (Å²) < 4.78 is 0. The van der Waals surface area contributed by atoms with Crippen LogP contribution in [-0.2, 0) is 9.59 Å². The molecule has 128 valence electrons. The number of aliphatic carboxylic acids is 1. The molecule has 0 heterocycles. The maximum Gasteiger partial charge on any atom is 0.303 e. The van der Waals surface area contributed by atoms with Gasteiger partial charge in [0.2, 0.25) is 0 Å². The van der Waals surface area contributed by atoms with Crippen LogP contribution in [0.15, 0.2) is 4.99 Å². The minimum absolute atomic E-state index is 0.0303. The molecule has 0 aromatic heterocycles. The van der Waals surface area contributed by atoms with Crippen molar-refractivity contribution in [2.75, 3.05) is 19.6 Å². The topological polar surface area (TPSA) is 183 Å². The van der Waals surface area contributed by atoms with Gasteiger partial charge in [-0.05, 0) is 19.3 Å². The second-order valence-corrected chi connectivity index (χ2v) is 5.04. The van der Waals surface area contributed by atoms with E-state index in [0.717, 1.165) is 0 Å². The standard InChI is InChI=1S/C13H28N6O3/c14-6-8-18-9(4-5-11(21)22)12(15)10(20)3-1-2-7-19-13(16)17/h9,12,18H,1-8,14-15H2,(H,21,22)(H4,16,17,19)/t9-,12?/m0/s1. The summed E-state index contributed by atoms with van der Waals surface area (Å²) in [5.74, 6) is -0.996. The number of carboxylic acid groups (broad SMARTS) is 1. The lowest BCUT2D eigenvalue weighted by Crippen LogP contribution is -2.51. The molecule has 9 heteroatoms. The number of aliphatic imine (C=N–C) groups is 1. The van der Waals surface area contributed by atoms with Crippen molar-refractivity contribution in [1.82, 2.24) is 5.32 Å². The van der Waals surface area contributed by atoms with Crippen molar-refractivity contribution in [3.05, 3.63) is 0 Å². The molecule has 0 fully saturated rings. The molecule has 0 aliphatic carbocycles. The molecule has 0 aromatic rings. The largest absolute Gasteiger partial charge is 0.481 e. The highest BCUT2D eigenvalue weighted by atomic mass is 16.4. The fourth-order valence-corrected chi connectivity index (χ4v) is 1.97. The van der Waals surface area contributed by atoms with Crippen molar-refractivity contribution in [3.63, 3.8) is 0 Å². The highest BCUT2D eigenvalue weighted by molar-refractivity contribution is 5.84. The van der Waals surface area contributed by atoms with Crippen molar-refractivity contribution >= 4 is 17.7 Å². The molecule has 0 aliphatic rings. The minimum atomic E-state index is -0.920. The van der Waals surface area contributed by atoms with Crippen LogP contribution in [0.3, 0.4) is 0 Å². The number of rotatable bonds is 13. The van der Waals surface area contributed by atoms with E-state index >= 15 is 0 Å². The Morgan fingerprint density at radius 2 is 1.86 bits per heavy atom. The Morgan fingerprint density at radius 1 is 1.18 bits per heavy atom. The van der Waals surface area contributed by atoms with E-state index in [0.29, 0.717) is 38.9 Å². The molecule has 0 radical (unpaired) electrons. The molecule has 2 atom stereocenters. The molecule has 0 saturated heterocycles. The van der Waals surface area contributed by atoms with E-state index < -0.39 is 12.0 Å². The number of carbonyl (C=O) groups excluding carboxylic acids is 1. The van der Waals surface area contributed by atoms with Crippen LogP contribution in [-0.4, -0.2) is 54.5 Å². The van der Waals surface area contributed by atoms with E-state index in [1.807, 2.05) is 0 Å². The molecule has 1 unspecified atom stereocenters. The second kappa shape index (κ2) is 11.9. The van der Waals surface area contributed by atoms with Gasteiger partial charge in [0.1, 0.15) is 0 Å². The summed E-state index contributed by atoms with van der Waals surface area (Å²) in [6.07, 6.45) is 1.87. The van der Waals surface area contributed by atoms with Crippen LogP contribution >= 0.6 is 0 Å². The van der Waals surface area contributed by atoms with Gasteiger partial charge >= 0.3 is 5.97 Å². The van der Waals surface area contributed by atoms with Crippen LogP contribution in [0.2, 0.25) is 0 Å². The highest BCUT2D eigenvalue weighted by Crippen LogP contribution is 2.07. The first-order valence-corrected chi connectivity index (χ1v) is 7.37. The zero-order valence-electron chi connectivity index (χ0n) is 12.8. The van der Waals surface area contributed by atoms with Crippen LogP contribution in [0.25, 0.3) is 0 Å². The smallest absolute Gasteiger partial charge is 0.303 e. The van der Waals surface area contributed by atoms with Crippen molar-refractivity contribution in [2.45, 2.75) is 44.2 Å². The van der Waals surface area contributed by atoms with Gasteiger partial charge in [-0.25, -0.2) is 0 Å². The number of ketones is 1. The van der Waals surface area contributed by atoms with Gasteiger partial charge in [-0.1, -0.05) is 0 Å². The lowest BCUT2D eigenvalue weighted by atomic mass is 9.96. The van der Waals surface area contributed by atoms with Gasteiger partial charge in [-0.3, -0.25) is 14.6 Å². The monoisotopic (exact) mass is 316 g/mol. The van der Waals surface area contributed by atoms with Gasteiger partial charge in [0.25, 0.3) is 0 Å². The molecule has 0 spiro atoms. The Hall–Kier alpha value is -1.71. The second-order valence-electron chi connectivity index (χ2n) is 5.04. The number of hydrogen-bond acceptors (Lipinski definition) is 6. The lowest BCUT2D eigenvalue weighted by Gasteiger charge is -2.23. The Morgan fingerprint density at radius 3 is 2.41 bits per heavy atom. The molecular formula is C13H28N6O3. The van der Waals surface area contributed by atoms with Crippen molar-refractivity contribution in [2.24, 2.45) is 27.9 Å². The first-order valence-electron chi connectivity index (χ1n) is 7.37. The number of nitrogens with zero attached hydrogens (tertiary/aromatic N) is 1. The van der Waals surface area contributed by atoms with Gasteiger partial charge in [-0.15, -0.1) is 0 Å². The Labute approximate surface area is 130 Å². The fourth-order valence-electron chi connectivity index (χ4n) is 1.97. The van der Waals surface area contributed by atoms with E-state index in [1.54, 1.807) is 0 Å². The van der Waals surface area contributed by atoms with E-state index in [2.05, 4.69) is 10.3 Å². The average molecular weight is 316 g/mol.